The second-order valence-corrected chi connectivity index (χ2v) is 6.61. The minimum absolute atomic E-state index is 0.237. The Labute approximate surface area is 162 Å². The monoisotopic (exact) mass is 386 g/mol. The van der Waals surface area contributed by atoms with Crippen LogP contribution in [0.3, 0.4) is 0 Å². The number of nitrogens with one attached hydrogen (secondary N) is 2. The molecule has 0 radical (unpaired) electrons. The number of hydrogen-bond acceptors (Lipinski definition) is 6. The molecule has 3 heterocycles. The summed E-state index contributed by atoms with van der Waals surface area (Å²) in [7, 11) is 0. The molecule has 0 aromatic carbocycles. The summed E-state index contributed by atoms with van der Waals surface area (Å²) in [6.45, 7) is 4.62. The second kappa shape index (κ2) is 8.68. The number of amides is 2. The lowest BCUT2D eigenvalue weighted by molar-refractivity contribution is -0.139. The Kier molecular flexibility index (Phi) is 6.08. The van der Waals surface area contributed by atoms with Gasteiger partial charge in [-0.25, -0.2) is 14.6 Å². The normalized spacial score (nSPS) is 16.9. The van der Waals surface area contributed by atoms with Crippen LogP contribution < -0.4 is 10.6 Å². The van der Waals surface area contributed by atoms with Crippen molar-refractivity contribution in [2.75, 3.05) is 25.0 Å². The molecule has 1 unspecified atom stereocenters. The van der Waals surface area contributed by atoms with Crippen molar-refractivity contribution in [3.05, 3.63) is 58.1 Å². The number of anilines is 1. The van der Waals surface area contributed by atoms with E-state index in [-0.39, 0.29) is 19.2 Å². The van der Waals surface area contributed by atoms with Gasteiger partial charge in [0, 0.05) is 12.7 Å². The van der Waals surface area contributed by atoms with Crippen molar-refractivity contribution < 1.29 is 14.3 Å². The maximum Gasteiger partial charge on any atom is 0.338 e. The highest BCUT2D eigenvalue weighted by atomic mass is 32.1. The van der Waals surface area contributed by atoms with E-state index in [0.717, 1.165) is 5.56 Å². The predicted molar refractivity (Wildman–Crippen MR) is 104 cm³/mol. The maximum absolute atomic E-state index is 12.8. The number of ether oxygens (including phenoxy) is 1. The number of pyridine rings is 1. The molecule has 0 saturated heterocycles. The fourth-order valence-electron chi connectivity index (χ4n) is 3.01. The number of urea groups is 1. The number of nitrogens with zero attached hydrogens (tertiary/aromatic N) is 2. The van der Waals surface area contributed by atoms with Gasteiger partial charge in [0.05, 0.1) is 30.5 Å². The average Bonchev–Trinajstić information content (AvgIpc) is 3.21. The molecular weight excluding hydrogens is 364 g/mol. The summed E-state index contributed by atoms with van der Waals surface area (Å²) in [6, 6.07) is 6.66. The molecule has 142 valence electrons. The third kappa shape index (κ3) is 4.11. The molecule has 2 aromatic rings. The Morgan fingerprint density at radius 1 is 1.37 bits per heavy atom. The van der Waals surface area contributed by atoms with Crippen molar-refractivity contribution in [2.24, 2.45) is 0 Å². The van der Waals surface area contributed by atoms with Gasteiger partial charge in [-0.2, -0.15) is 11.3 Å². The van der Waals surface area contributed by atoms with Crippen molar-refractivity contribution in [1.29, 1.82) is 0 Å². The molecule has 1 aliphatic heterocycles. The summed E-state index contributed by atoms with van der Waals surface area (Å²) in [5.74, 6) is 0.243. The average molecular weight is 386 g/mol. The van der Waals surface area contributed by atoms with Gasteiger partial charge in [-0.15, -0.1) is 0 Å². The van der Waals surface area contributed by atoms with Crippen molar-refractivity contribution in [2.45, 2.75) is 19.9 Å². The highest BCUT2D eigenvalue weighted by molar-refractivity contribution is 7.08. The summed E-state index contributed by atoms with van der Waals surface area (Å²) in [6.07, 6.45) is 1.68. The van der Waals surface area contributed by atoms with Gasteiger partial charge in [-0.1, -0.05) is 6.07 Å². The first-order valence-corrected chi connectivity index (χ1v) is 9.75. The molecule has 2 aromatic heterocycles. The number of rotatable bonds is 7. The topological polar surface area (TPSA) is 83.6 Å². The van der Waals surface area contributed by atoms with Gasteiger partial charge >= 0.3 is 12.0 Å². The third-order valence-corrected chi connectivity index (χ3v) is 4.93. The standard InChI is InChI=1S/C19H22N4O3S/c1-3-23-14(11-21-15-7-5-6-9-20-15)16(18(24)26-4-2)17(22-19(23)25)13-8-10-27-12-13/h5-10,12,17H,3-4,11H2,1-2H3,(H,20,21)(H,22,25). The van der Waals surface area contributed by atoms with Crippen molar-refractivity contribution >= 4 is 29.2 Å². The van der Waals surface area contributed by atoms with E-state index in [4.69, 9.17) is 4.74 Å². The van der Waals surface area contributed by atoms with Crippen molar-refractivity contribution in [1.82, 2.24) is 15.2 Å². The summed E-state index contributed by atoms with van der Waals surface area (Å²) >= 11 is 1.51. The fraction of sp³-hybridized carbons (Fsp3) is 0.316. The Morgan fingerprint density at radius 2 is 2.22 bits per heavy atom. The predicted octanol–water partition coefficient (Wildman–Crippen LogP) is 3.16. The Hall–Kier alpha value is -2.87. The van der Waals surface area contributed by atoms with Gasteiger partial charge in [0.25, 0.3) is 0 Å². The minimum atomic E-state index is -0.536. The van der Waals surface area contributed by atoms with Crippen LogP contribution in [0, 0.1) is 0 Å². The summed E-state index contributed by atoms with van der Waals surface area (Å²) < 4.78 is 5.31. The number of aromatic nitrogens is 1. The van der Waals surface area contributed by atoms with E-state index in [1.54, 1.807) is 18.0 Å². The van der Waals surface area contributed by atoms with Crippen LogP contribution in [-0.4, -0.2) is 41.6 Å². The number of thiophene rings is 1. The van der Waals surface area contributed by atoms with E-state index >= 15 is 0 Å². The Bertz CT molecular complexity index is 821. The Morgan fingerprint density at radius 3 is 2.85 bits per heavy atom. The van der Waals surface area contributed by atoms with E-state index in [0.29, 0.717) is 23.6 Å². The van der Waals surface area contributed by atoms with E-state index in [9.17, 15) is 9.59 Å². The number of esters is 1. The van der Waals surface area contributed by atoms with Gasteiger partial charge in [0.1, 0.15) is 5.82 Å². The molecule has 2 amide bonds. The molecule has 8 heteroatoms. The lowest BCUT2D eigenvalue weighted by Crippen LogP contribution is -2.49. The first-order valence-electron chi connectivity index (χ1n) is 8.80. The molecular formula is C19H22N4O3S. The largest absolute Gasteiger partial charge is 0.463 e. The zero-order valence-corrected chi connectivity index (χ0v) is 16.1. The first kappa shape index (κ1) is 18.9. The molecule has 0 fully saturated rings. The van der Waals surface area contributed by atoms with Crippen LogP contribution >= 0.6 is 11.3 Å². The zero-order chi connectivity index (χ0) is 19.2. The number of hydrogen-bond donors (Lipinski definition) is 2. The van der Waals surface area contributed by atoms with E-state index in [1.165, 1.54) is 11.3 Å². The van der Waals surface area contributed by atoms with Gasteiger partial charge in [-0.3, -0.25) is 4.90 Å². The number of likely N-dealkylation sites (N-methyl/N-ethyl adjacent to an activating group) is 1. The molecule has 1 aliphatic rings. The highest BCUT2D eigenvalue weighted by Crippen LogP contribution is 2.32. The van der Waals surface area contributed by atoms with Gasteiger partial charge in [-0.05, 0) is 48.4 Å². The van der Waals surface area contributed by atoms with Crippen molar-refractivity contribution in [3.8, 4) is 0 Å². The summed E-state index contributed by atoms with van der Waals surface area (Å²) in [5.41, 5.74) is 1.91. The highest BCUT2D eigenvalue weighted by Gasteiger charge is 2.37. The van der Waals surface area contributed by atoms with Crippen LogP contribution in [0.2, 0.25) is 0 Å². The van der Waals surface area contributed by atoms with E-state index < -0.39 is 12.0 Å². The quantitative estimate of drug-likeness (QED) is 0.714. The molecule has 27 heavy (non-hydrogen) atoms. The lowest BCUT2D eigenvalue weighted by atomic mass is 9.96. The number of carbonyl (C=O) groups is 2. The third-order valence-electron chi connectivity index (χ3n) is 4.23. The smallest absolute Gasteiger partial charge is 0.338 e. The SMILES string of the molecule is CCOC(=O)C1=C(CNc2ccccn2)N(CC)C(=O)NC1c1ccsc1. The van der Waals surface area contributed by atoms with Gasteiger partial charge < -0.3 is 15.4 Å². The Balaban J connectivity index is 2.03. The zero-order valence-electron chi connectivity index (χ0n) is 15.3. The molecule has 0 saturated carbocycles. The van der Waals surface area contributed by atoms with Crippen molar-refractivity contribution in [3.63, 3.8) is 0 Å². The molecule has 0 spiro atoms. The summed E-state index contributed by atoms with van der Waals surface area (Å²) in [5, 5.41) is 9.97. The van der Waals surface area contributed by atoms with Crippen LogP contribution in [0.15, 0.2) is 52.5 Å². The molecule has 2 N–H and O–H groups in total. The maximum atomic E-state index is 12.8. The second-order valence-electron chi connectivity index (χ2n) is 5.83. The van der Waals surface area contributed by atoms with Crippen LogP contribution in [0.25, 0.3) is 0 Å². The molecule has 0 bridgehead atoms. The molecule has 0 aliphatic carbocycles. The van der Waals surface area contributed by atoms with Gasteiger partial charge in [0.15, 0.2) is 0 Å². The van der Waals surface area contributed by atoms with Crippen LogP contribution in [0.4, 0.5) is 10.6 Å². The molecule has 1 atom stereocenters. The number of carbonyl (C=O) groups excluding carboxylic acids is 2. The minimum Gasteiger partial charge on any atom is -0.463 e. The summed E-state index contributed by atoms with van der Waals surface area (Å²) in [4.78, 5) is 31.3. The first-order chi connectivity index (χ1) is 13.2. The van der Waals surface area contributed by atoms with Crippen LogP contribution in [-0.2, 0) is 9.53 Å². The molecule has 3 rings (SSSR count). The van der Waals surface area contributed by atoms with E-state index in [2.05, 4.69) is 15.6 Å². The van der Waals surface area contributed by atoms with Crippen LogP contribution in [0.5, 0.6) is 0 Å². The lowest BCUT2D eigenvalue weighted by Gasteiger charge is -2.36. The van der Waals surface area contributed by atoms with Crippen LogP contribution in [0.1, 0.15) is 25.5 Å². The van der Waals surface area contributed by atoms with Gasteiger partial charge in [0.2, 0.25) is 0 Å². The van der Waals surface area contributed by atoms with E-state index in [1.807, 2.05) is 41.9 Å². The fourth-order valence-corrected chi connectivity index (χ4v) is 3.69. The molecule has 7 nitrogen and oxygen atoms in total.